The third kappa shape index (κ3) is 21.4. The van der Waals surface area contributed by atoms with Gasteiger partial charge in [-0.2, -0.15) is 0 Å². The van der Waals surface area contributed by atoms with Crippen molar-refractivity contribution < 1.29 is 114 Å². The highest BCUT2D eigenvalue weighted by molar-refractivity contribution is 5.86. The Labute approximate surface area is 610 Å². The van der Waals surface area contributed by atoms with Crippen molar-refractivity contribution in [2.24, 2.45) is 0 Å². The maximum absolute atomic E-state index is 15.2. The third-order valence-electron chi connectivity index (χ3n) is 14.7. The number of nitrogens with one attached hydrogen (secondary N) is 6. The molecule has 0 aliphatic heterocycles. The molecule has 0 aliphatic carbocycles. The average Bonchev–Trinajstić information content (AvgIpc) is 0.792. The Bertz CT molecular complexity index is 4490. The number of methoxy groups -OCH3 is 6. The first-order chi connectivity index (χ1) is 51.9. The van der Waals surface area contributed by atoms with Crippen LogP contribution < -0.4 is 90.2 Å². The molecule has 0 saturated heterocycles. The van der Waals surface area contributed by atoms with E-state index in [1.54, 1.807) is 0 Å². The summed E-state index contributed by atoms with van der Waals surface area (Å²) in [6.07, 6.45) is 0. The number of fused-ring (bicyclic) bond motifs is 12. The van der Waals surface area contributed by atoms with Gasteiger partial charge in [-0.05, 0) is 77.9 Å². The van der Waals surface area contributed by atoms with Gasteiger partial charge in [-0.3, -0.25) is 28.8 Å². The van der Waals surface area contributed by atoms with Crippen molar-refractivity contribution in [1.29, 1.82) is 0 Å². The molecule has 576 valence electrons. The Morgan fingerprint density at radius 2 is 0.361 bits per heavy atom. The molecule has 6 aromatic carbocycles. The van der Waals surface area contributed by atoms with E-state index in [9.17, 15) is 28.8 Å². The van der Waals surface area contributed by atoms with Crippen LogP contribution in [0.1, 0.15) is 41.5 Å². The quantitative estimate of drug-likeness (QED) is 0.0239. The van der Waals surface area contributed by atoms with E-state index in [-0.39, 0.29) is 107 Å². The summed E-state index contributed by atoms with van der Waals surface area (Å²) in [6.45, 7) is 3.51. The molecule has 108 heavy (non-hydrogen) atoms. The molecule has 7 aromatic rings. The van der Waals surface area contributed by atoms with Crippen LogP contribution in [0.3, 0.4) is 0 Å². The Hall–Kier alpha value is -13.4. The molecule has 0 aliphatic rings. The number of esters is 6. The Balaban J connectivity index is 1.85. The van der Waals surface area contributed by atoms with Gasteiger partial charge in [0.25, 0.3) is 33.4 Å². The normalized spacial score (nSPS) is 10.6. The molecule has 7 rings (SSSR count). The van der Waals surface area contributed by atoms with Gasteiger partial charge in [0.1, 0.15) is 69.0 Å². The fourth-order valence-electron chi connectivity index (χ4n) is 9.92. The summed E-state index contributed by atoms with van der Waals surface area (Å²) in [4.78, 5) is 184. The number of ether oxygens (including phenoxy) is 18. The summed E-state index contributed by atoms with van der Waals surface area (Å²) in [5.41, 5.74) is -8.17. The molecule has 0 saturated carbocycles. The predicted molar refractivity (Wildman–Crippen MR) is 387 cm³/mol. The van der Waals surface area contributed by atoms with Gasteiger partial charge in [0.2, 0.25) is 0 Å². The molecule has 36 nitrogen and oxygen atoms in total. The fraction of sp³-hybridized carbons (Fsp3) is 0.333. The highest BCUT2D eigenvalue weighted by atomic mass is 16.6. The van der Waals surface area contributed by atoms with Gasteiger partial charge in [-0.25, -0.2) is 28.8 Å². The number of rotatable bonds is 30. The van der Waals surface area contributed by atoms with Crippen LogP contribution in [-0.4, -0.2) is 188 Å². The number of hydrogen-bond donors (Lipinski definition) is 6. The average molecular weight is 1510 g/mol. The maximum atomic E-state index is 15.2. The zero-order chi connectivity index (χ0) is 78.7. The van der Waals surface area contributed by atoms with Crippen molar-refractivity contribution in [3.8, 4) is 69.0 Å². The lowest BCUT2D eigenvalue weighted by atomic mass is 10.1. The summed E-state index contributed by atoms with van der Waals surface area (Å²) in [5, 5.41) is -3.17. The van der Waals surface area contributed by atoms with E-state index in [4.69, 9.17) is 85.3 Å². The largest absolute Gasteiger partial charge is 0.494 e. The molecule has 0 amide bonds. The Kier molecular flexibility index (Phi) is 29.9. The van der Waals surface area contributed by atoms with Crippen molar-refractivity contribution in [3.63, 3.8) is 0 Å². The van der Waals surface area contributed by atoms with Crippen LogP contribution in [0.15, 0.2) is 102 Å². The Morgan fingerprint density at radius 3 is 0.491 bits per heavy atom. The molecule has 6 N–H and O–H groups in total. The first kappa shape index (κ1) is 81.9. The van der Waals surface area contributed by atoms with E-state index < -0.39 is 176 Å². The number of carbonyl (C=O) groups is 6. The molecule has 0 unspecified atom stereocenters. The lowest BCUT2D eigenvalue weighted by Crippen LogP contribution is -2.18. The monoisotopic (exact) mass is 1510 g/mol. The predicted octanol–water partition coefficient (Wildman–Crippen LogP) is 5.50. The van der Waals surface area contributed by atoms with Crippen LogP contribution in [0.25, 0.3) is 65.4 Å². The lowest BCUT2D eigenvalue weighted by molar-refractivity contribution is -0.146. The zero-order valence-electron chi connectivity index (χ0n) is 60.7. The highest BCUT2D eigenvalue weighted by Gasteiger charge is 2.21. The van der Waals surface area contributed by atoms with Gasteiger partial charge < -0.3 is 115 Å². The van der Waals surface area contributed by atoms with Crippen LogP contribution in [0, 0.1) is 0 Å². The van der Waals surface area contributed by atoms with Gasteiger partial charge in [-0.15, -0.1) is 0 Å². The van der Waals surface area contributed by atoms with E-state index in [1.165, 1.54) is 121 Å². The number of H-pyrrole nitrogens is 6. The van der Waals surface area contributed by atoms with Gasteiger partial charge in [0.15, 0.2) is 39.6 Å². The molecule has 12 bridgehead atoms. The SMILES string of the molecule is CCOC(=O)COc1cc(OCC(=O)OCC)c2cc1c(=O)[nH]c1cc([nH]c(=O)c3cc(c(OCC(=O)OCC)cc3OCC(=O)OCC)c(=O)[nH]c3cc([nH]c(=O)c4cc(c(OCC(=O)OCC)cc4OCC(=O)OCC)c(=O)[nH]c4cc([nH]c2=O)c(OC)cc4OC)c(OC)cc3OC)c(OC)cc1OC. The molecule has 36 heteroatoms. The Morgan fingerprint density at radius 1 is 0.222 bits per heavy atom. The molecule has 0 fully saturated rings. The molecule has 1 heterocycles. The van der Waals surface area contributed by atoms with E-state index in [0.29, 0.717) is 0 Å². The van der Waals surface area contributed by atoms with E-state index in [2.05, 4.69) is 29.9 Å². The van der Waals surface area contributed by atoms with E-state index in [0.717, 1.165) is 36.4 Å². The van der Waals surface area contributed by atoms with Crippen molar-refractivity contribution in [1.82, 2.24) is 29.9 Å². The number of hydrogen-bond acceptors (Lipinski definition) is 30. The van der Waals surface area contributed by atoms with Crippen LogP contribution in [0.2, 0.25) is 0 Å². The van der Waals surface area contributed by atoms with Gasteiger partial charge >= 0.3 is 35.8 Å². The van der Waals surface area contributed by atoms with E-state index in [1.807, 2.05) is 0 Å². The second-order valence-corrected chi connectivity index (χ2v) is 21.6. The summed E-state index contributed by atoms with van der Waals surface area (Å²) in [7, 11) is 7.32. The minimum absolute atomic E-state index is 0.0936. The standard InChI is InChI=1S/C72H78N6O30/c1-13-97-61(79)31-103-49-25-50(104-32-62(80)98-14-2)38-19-37(49)67(85)73-43-22-44(56(92-8)28-55(43)91-7)75-69(87)39-20-40(52(106-34-64(82)100-16-4)26-51(39)105-33-63(81)99-15-3)71(89)77-47-24-48(60(96-12)30-59(47)95-11)78-72(90)42-21-41(53(107-35-65(83)101-17-5)27-54(42)108-36-66(84)102-18-6)70(88)76-46-23-45(74-68(38)86)57(93-9)29-58(46)94-10/h19-30H,13-18,31-36H2,1-12H3,(H,73,85)(H,74,86)(H,75,87)(H,76,88)(H,77,89)(H,78,90). The van der Waals surface area contributed by atoms with Crippen molar-refractivity contribution in [2.45, 2.75) is 41.5 Å². The second kappa shape index (κ2) is 39.4. The summed E-state index contributed by atoms with van der Waals surface area (Å²) in [6, 6.07) is 13.1. The van der Waals surface area contributed by atoms with E-state index >= 15 is 28.8 Å². The van der Waals surface area contributed by atoms with Crippen molar-refractivity contribution >= 4 is 101 Å². The van der Waals surface area contributed by atoms with Crippen LogP contribution in [0.4, 0.5) is 0 Å². The fourth-order valence-corrected chi connectivity index (χ4v) is 9.92. The van der Waals surface area contributed by atoms with Crippen LogP contribution in [0.5, 0.6) is 69.0 Å². The number of aromatic amines is 6. The number of benzene rings is 6. The molecule has 0 radical (unpaired) electrons. The number of aromatic nitrogens is 6. The highest BCUT2D eigenvalue weighted by Crippen LogP contribution is 2.35. The second-order valence-electron chi connectivity index (χ2n) is 21.6. The number of carbonyl (C=O) groups excluding carboxylic acids is 6. The molecular weight excluding hydrogens is 1430 g/mol. The zero-order valence-corrected chi connectivity index (χ0v) is 60.7. The molecule has 0 spiro atoms. The minimum Gasteiger partial charge on any atom is -0.494 e. The van der Waals surface area contributed by atoms with Gasteiger partial charge in [-0.1, -0.05) is 0 Å². The van der Waals surface area contributed by atoms with Crippen molar-refractivity contribution in [3.05, 3.63) is 135 Å². The lowest BCUT2D eigenvalue weighted by Gasteiger charge is -2.12. The molecule has 0 atom stereocenters. The molecular formula is C72H78N6O30. The minimum atomic E-state index is -1.12. The van der Waals surface area contributed by atoms with Gasteiger partial charge in [0.05, 0.1) is 148 Å². The summed E-state index contributed by atoms with van der Waals surface area (Å²) in [5.74, 6) is -9.05. The summed E-state index contributed by atoms with van der Waals surface area (Å²) < 4.78 is 99.9. The van der Waals surface area contributed by atoms with Crippen LogP contribution >= 0.6 is 0 Å². The first-order valence-corrected chi connectivity index (χ1v) is 32.8. The van der Waals surface area contributed by atoms with Crippen molar-refractivity contribution in [2.75, 3.05) is 122 Å². The maximum Gasteiger partial charge on any atom is 0.344 e. The van der Waals surface area contributed by atoms with Crippen LogP contribution in [-0.2, 0) is 57.2 Å². The molecule has 1 aromatic heterocycles. The summed E-state index contributed by atoms with van der Waals surface area (Å²) >= 11 is 0. The third-order valence-corrected chi connectivity index (χ3v) is 14.7. The van der Waals surface area contributed by atoms with Gasteiger partial charge in [0, 0.05) is 36.4 Å². The smallest absolute Gasteiger partial charge is 0.344 e. The first-order valence-electron chi connectivity index (χ1n) is 32.8. The topological polar surface area (TPSA) is 466 Å².